The minimum atomic E-state index is -0.0256. The lowest BCUT2D eigenvalue weighted by atomic mass is 9.98. The summed E-state index contributed by atoms with van der Waals surface area (Å²) in [7, 11) is 1.60. The fourth-order valence-corrected chi connectivity index (χ4v) is 3.04. The summed E-state index contributed by atoms with van der Waals surface area (Å²) in [4.78, 5) is 18.7. The largest absolute Gasteiger partial charge is 0.496 e. The van der Waals surface area contributed by atoms with Crippen molar-refractivity contribution in [1.82, 2.24) is 15.0 Å². The minimum Gasteiger partial charge on any atom is -0.496 e. The highest BCUT2D eigenvalue weighted by molar-refractivity contribution is 6.30. The smallest absolute Gasteiger partial charge is 0.253 e. The number of likely N-dealkylation sites (tertiary alicyclic amines) is 1. The zero-order valence-electron chi connectivity index (χ0n) is 14.1. The molecule has 0 radical (unpaired) electrons. The van der Waals surface area contributed by atoms with Crippen LogP contribution in [0.5, 0.6) is 5.75 Å². The van der Waals surface area contributed by atoms with E-state index < -0.39 is 0 Å². The first-order chi connectivity index (χ1) is 12.7. The number of aromatic nitrogens is 2. The Labute approximate surface area is 155 Å². The van der Waals surface area contributed by atoms with Gasteiger partial charge >= 0.3 is 0 Å². The van der Waals surface area contributed by atoms with Crippen LogP contribution >= 0.6 is 11.6 Å². The molecule has 132 valence electrons. The topological polar surface area (TPSA) is 68.5 Å². The molecule has 4 rings (SSSR count). The number of carbonyl (C=O) groups excluding carboxylic acids is 1. The Morgan fingerprint density at radius 2 is 1.92 bits per heavy atom. The van der Waals surface area contributed by atoms with Crippen molar-refractivity contribution >= 4 is 17.5 Å². The summed E-state index contributed by atoms with van der Waals surface area (Å²) in [6, 6.07) is 14.4. The monoisotopic (exact) mass is 369 g/mol. The molecular weight excluding hydrogens is 354 g/mol. The molecule has 1 aromatic heterocycles. The predicted octanol–water partition coefficient (Wildman–Crippen LogP) is 3.64. The first-order valence-corrected chi connectivity index (χ1v) is 8.55. The van der Waals surface area contributed by atoms with Crippen molar-refractivity contribution in [2.75, 3.05) is 20.2 Å². The number of nitrogens with zero attached hydrogens (tertiary/aromatic N) is 3. The molecule has 0 aliphatic carbocycles. The molecule has 1 aliphatic heterocycles. The van der Waals surface area contributed by atoms with Crippen molar-refractivity contribution in [1.29, 1.82) is 0 Å². The van der Waals surface area contributed by atoms with Crippen LogP contribution < -0.4 is 4.74 Å². The van der Waals surface area contributed by atoms with Crippen molar-refractivity contribution in [2.45, 2.75) is 5.92 Å². The molecule has 6 nitrogen and oxygen atoms in total. The fourth-order valence-electron chi connectivity index (χ4n) is 2.92. The maximum atomic E-state index is 12.4. The van der Waals surface area contributed by atoms with Gasteiger partial charge in [0, 0.05) is 23.7 Å². The van der Waals surface area contributed by atoms with Crippen molar-refractivity contribution in [3.05, 3.63) is 65.0 Å². The molecule has 1 saturated heterocycles. The van der Waals surface area contributed by atoms with E-state index in [9.17, 15) is 4.79 Å². The molecular formula is C19H16ClN3O3. The fraction of sp³-hybridized carbons (Fsp3) is 0.211. The van der Waals surface area contributed by atoms with Crippen LogP contribution in [-0.4, -0.2) is 41.1 Å². The first kappa shape index (κ1) is 16.6. The molecule has 0 saturated carbocycles. The van der Waals surface area contributed by atoms with Crippen molar-refractivity contribution in [3.63, 3.8) is 0 Å². The van der Waals surface area contributed by atoms with Gasteiger partial charge in [-0.05, 0) is 36.4 Å². The van der Waals surface area contributed by atoms with Gasteiger partial charge in [-0.2, -0.15) is 4.98 Å². The Hall–Kier alpha value is -2.86. The minimum absolute atomic E-state index is 0.0256. The number of hydrogen-bond donors (Lipinski definition) is 0. The number of methoxy groups -OCH3 is 1. The van der Waals surface area contributed by atoms with Gasteiger partial charge in [-0.3, -0.25) is 4.79 Å². The lowest BCUT2D eigenvalue weighted by Gasteiger charge is -2.37. The van der Waals surface area contributed by atoms with Gasteiger partial charge in [0.1, 0.15) is 5.75 Å². The zero-order valence-corrected chi connectivity index (χ0v) is 14.8. The van der Waals surface area contributed by atoms with E-state index in [0.717, 1.165) is 5.56 Å². The van der Waals surface area contributed by atoms with Gasteiger partial charge in [0.2, 0.25) is 11.7 Å². The van der Waals surface area contributed by atoms with Crippen molar-refractivity contribution < 1.29 is 14.1 Å². The molecule has 1 aliphatic rings. The van der Waals surface area contributed by atoms with Crippen LogP contribution in [0.4, 0.5) is 0 Å². The zero-order chi connectivity index (χ0) is 18.1. The maximum Gasteiger partial charge on any atom is 0.253 e. The Bertz CT molecular complexity index is 933. The Balaban J connectivity index is 1.44. The van der Waals surface area contributed by atoms with Crippen molar-refractivity contribution in [2.24, 2.45) is 0 Å². The van der Waals surface area contributed by atoms with E-state index in [1.54, 1.807) is 36.3 Å². The first-order valence-electron chi connectivity index (χ1n) is 8.17. The van der Waals surface area contributed by atoms with E-state index in [-0.39, 0.29) is 11.8 Å². The van der Waals surface area contributed by atoms with Crippen LogP contribution in [0.15, 0.2) is 53.1 Å². The quantitative estimate of drug-likeness (QED) is 0.702. The third kappa shape index (κ3) is 3.04. The highest BCUT2D eigenvalue weighted by Gasteiger charge is 2.36. The second-order valence-corrected chi connectivity index (χ2v) is 6.51. The van der Waals surface area contributed by atoms with Gasteiger partial charge in [-0.25, -0.2) is 0 Å². The number of benzene rings is 2. The molecule has 0 atom stereocenters. The summed E-state index contributed by atoms with van der Waals surface area (Å²) < 4.78 is 10.7. The number of rotatable bonds is 4. The molecule has 0 unspecified atom stereocenters. The molecule has 2 aromatic carbocycles. The number of carbonyl (C=O) groups is 1. The normalized spacial score (nSPS) is 14.2. The molecule has 7 heteroatoms. The number of halogens is 1. The predicted molar refractivity (Wildman–Crippen MR) is 96.4 cm³/mol. The summed E-state index contributed by atoms with van der Waals surface area (Å²) in [5, 5.41) is 4.66. The van der Waals surface area contributed by atoms with Crippen LogP contribution in [0.25, 0.3) is 11.4 Å². The van der Waals surface area contributed by atoms with Gasteiger partial charge in [0.15, 0.2) is 0 Å². The summed E-state index contributed by atoms with van der Waals surface area (Å²) >= 11 is 5.86. The number of amides is 1. The van der Waals surface area contributed by atoms with Gasteiger partial charge in [-0.1, -0.05) is 28.9 Å². The van der Waals surface area contributed by atoms with Crippen molar-refractivity contribution in [3.8, 4) is 17.1 Å². The molecule has 0 bridgehead atoms. The van der Waals surface area contributed by atoms with E-state index in [1.165, 1.54) is 0 Å². The summed E-state index contributed by atoms with van der Waals surface area (Å²) in [5.41, 5.74) is 1.39. The third-order valence-electron chi connectivity index (χ3n) is 4.40. The average Bonchev–Trinajstić information content (AvgIpc) is 3.10. The van der Waals surface area contributed by atoms with Crippen LogP contribution in [0.1, 0.15) is 22.2 Å². The number of para-hydroxylation sites is 1. The summed E-state index contributed by atoms with van der Waals surface area (Å²) in [6.07, 6.45) is 0. The number of ether oxygens (including phenoxy) is 1. The molecule has 0 spiro atoms. The molecule has 1 fully saturated rings. The van der Waals surface area contributed by atoms with Crippen LogP contribution in [0.2, 0.25) is 5.02 Å². The molecule has 3 aromatic rings. The second-order valence-electron chi connectivity index (χ2n) is 6.07. The number of hydrogen-bond acceptors (Lipinski definition) is 5. The lowest BCUT2D eigenvalue weighted by Crippen LogP contribution is -2.48. The van der Waals surface area contributed by atoms with Gasteiger partial charge in [0.25, 0.3) is 5.91 Å². The molecule has 1 amide bonds. The van der Waals surface area contributed by atoms with Gasteiger partial charge in [-0.15, -0.1) is 0 Å². The Morgan fingerprint density at radius 1 is 1.19 bits per heavy atom. The second kappa shape index (κ2) is 6.80. The Morgan fingerprint density at radius 3 is 2.65 bits per heavy atom. The van der Waals surface area contributed by atoms with E-state index in [4.69, 9.17) is 20.9 Å². The van der Waals surface area contributed by atoms with Gasteiger partial charge < -0.3 is 14.2 Å². The summed E-state index contributed by atoms with van der Waals surface area (Å²) in [5.74, 6) is 1.73. The Kier molecular flexibility index (Phi) is 4.34. The lowest BCUT2D eigenvalue weighted by molar-refractivity contribution is 0.0569. The SMILES string of the molecule is COc1ccccc1-c1noc(C2CN(C(=O)c3ccc(Cl)cc3)C2)n1. The van der Waals surface area contributed by atoms with Crippen LogP contribution in [-0.2, 0) is 0 Å². The standard InChI is InChI=1S/C19H16ClN3O3/c1-25-16-5-3-2-4-15(16)17-21-18(26-22-17)13-10-23(11-13)19(24)12-6-8-14(20)9-7-12/h2-9,13H,10-11H2,1H3. The maximum absolute atomic E-state index is 12.4. The van der Waals surface area contributed by atoms with E-state index in [2.05, 4.69) is 10.1 Å². The van der Waals surface area contributed by atoms with E-state index >= 15 is 0 Å². The molecule has 2 heterocycles. The van der Waals surface area contributed by atoms with E-state index in [1.807, 2.05) is 24.3 Å². The van der Waals surface area contributed by atoms with E-state index in [0.29, 0.717) is 41.1 Å². The average molecular weight is 370 g/mol. The third-order valence-corrected chi connectivity index (χ3v) is 4.65. The van der Waals surface area contributed by atoms with Crippen LogP contribution in [0.3, 0.4) is 0 Å². The molecule has 26 heavy (non-hydrogen) atoms. The highest BCUT2D eigenvalue weighted by Crippen LogP contribution is 2.31. The highest BCUT2D eigenvalue weighted by atomic mass is 35.5. The summed E-state index contributed by atoms with van der Waals surface area (Å²) in [6.45, 7) is 1.10. The molecule has 0 N–H and O–H groups in total. The van der Waals surface area contributed by atoms with Gasteiger partial charge in [0.05, 0.1) is 18.6 Å². The van der Waals surface area contributed by atoms with Crippen LogP contribution in [0, 0.1) is 0 Å².